The van der Waals surface area contributed by atoms with Crippen LogP contribution < -0.4 is 4.18 Å². The average Bonchev–Trinajstić information content (AvgIpc) is 2.60. The number of rotatable bonds is 8. The van der Waals surface area contributed by atoms with Gasteiger partial charge in [-0.15, -0.1) is 0 Å². The minimum absolute atomic E-state index is 0.0113. The molecule has 0 aliphatic carbocycles. The van der Waals surface area contributed by atoms with Crippen LogP contribution in [0, 0.1) is 5.92 Å². The van der Waals surface area contributed by atoms with Gasteiger partial charge in [0.1, 0.15) is 5.75 Å². The van der Waals surface area contributed by atoms with E-state index in [-0.39, 0.29) is 11.7 Å². The van der Waals surface area contributed by atoms with Crippen molar-refractivity contribution in [2.24, 2.45) is 5.92 Å². The van der Waals surface area contributed by atoms with E-state index in [1.807, 2.05) is 29.2 Å². The van der Waals surface area contributed by atoms with Crippen LogP contribution in [-0.2, 0) is 23.1 Å². The number of amides is 1. The van der Waals surface area contributed by atoms with E-state index in [4.69, 9.17) is 4.18 Å². The van der Waals surface area contributed by atoms with Gasteiger partial charge in [-0.2, -0.15) is 8.42 Å². The van der Waals surface area contributed by atoms with E-state index >= 15 is 0 Å². The number of aryl methyl sites for hydroxylation is 1. The summed E-state index contributed by atoms with van der Waals surface area (Å²) >= 11 is 0. The second kappa shape index (κ2) is 9.04. The summed E-state index contributed by atoms with van der Waals surface area (Å²) in [5, 5.41) is 0. The van der Waals surface area contributed by atoms with Crippen molar-refractivity contribution in [3.8, 4) is 5.75 Å². The molecular weight excluding hydrogens is 362 g/mol. The quantitative estimate of drug-likeness (QED) is 0.643. The highest BCUT2D eigenvalue weighted by Crippen LogP contribution is 2.18. The molecule has 0 aromatic heterocycles. The van der Waals surface area contributed by atoms with Gasteiger partial charge in [-0.25, -0.2) is 0 Å². The van der Waals surface area contributed by atoms with Gasteiger partial charge in [0.15, 0.2) is 0 Å². The molecule has 6 heteroatoms. The average molecular weight is 390 g/mol. The number of hydrogen-bond acceptors (Lipinski definition) is 4. The van der Waals surface area contributed by atoms with Crippen LogP contribution in [0.15, 0.2) is 48.5 Å². The van der Waals surface area contributed by atoms with Crippen LogP contribution in [-0.4, -0.2) is 32.0 Å². The second-order valence-electron chi connectivity index (χ2n) is 7.06. The first-order valence-corrected chi connectivity index (χ1v) is 10.9. The molecule has 0 aliphatic heterocycles. The van der Waals surface area contributed by atoms with Crippen molar-refractivity contribution < 1.29 is 17.4 Å². The zero-order valence-corrected chi connectivity index (χ0v) is 17.1. The Labute approximate surface area is 162 Å². The van der Waals surface area contributed by atoms with Crippen molar-refractivity contribution in [1.29, 1.82) is 0 Å². The summed E-state index contributed by atoms with van der Waals surface area (Å²) in [7, 11) is -3.55. The number of benzene rings is 2. The van der Waals surface area contributed by atoms with Crippen LogP contribution >= 0.6 is 0 Å². The van der Waals surface area contributed by atoms with Gasteiger partial charge in [-0.3, -0.25) is 4.79 Å². The Balaban J connectivity index is 2.16. The van der Waals surface area contributed by atoms with Crippen LogP contribution in [0.25, 0.3) is 0 Å². The molecule has 146 valence electrons. The van der Waals surface area contributed by atoms with Gasteiger partial charge < -0.3 is 9.08 Å². The number of hydrogen-bond donors (Lipinski definition) is 0. The summed E-state index contributed by atoms with van der Waals surface area (Å²) < 4.78 is 27.3. The fraction of sp³-hybridized carbons (Fsp3) is 0.381. The summed E-state index contributed by atoms with van der Waals surface area (Å²) in [5.41, 5.74) is 2.78. The molecule has 0 bridgehead atoms. The molecular formula is C21H27NO4S. The minimum atomic E-state index is -3.55. The minimum Gasteiger partial charge on any atom is -0.383 e. The van der Waals surface area contributed by atoms with Gasteiger partial charge in [-0.05, 0) is 47.7 Å². The maximum atomic E-state index is 13.0. The summed E-state index contributed by atoms with van der Waals surface area (Å²) in [5.74, 6) is 0.581. The number of nitrogens with zero attached hydrogens (tertiary/aromatic N) is 1. The summed E-state index contributed by atoms with van der Waals surface area (Å²) in [6.45, 7) is 7.31. The zero-order valence-electron chi connectivity index (χ0n) is 16.3. The predicted octanol–water partition coefficient (Wildman–Crippen LogP) is 3.89. The second-order valence-corrected chi connectivity index (χ2v) is 8.64. The molecule has 2 aromatic rings. The lowest BCUT2D eigenvalue weighted by atomic mass is 10.1. The maximum absolute atomic E-state index is 13.0. The third kappa shape index (κ3) is 6.71. The topological polar surface area (TPSA) is 63.7 Å². The van der Waals surface area contributed by atoms with Gasteiger partial charge in [0.05, 0.1) is 6.26 Å². The molecule has 1 amide bonds. The summed E-state index contributed by atoms with van der Waals surface area (Å²) in [4.78, 5) is 14.8. The van der Waals surface area contributed by atoms with Crippen molar-refractivity contribution in [3.63, 3.8) is 0 Å². The van der Waals surface area contributed by atoms with E-state index in [9.17, 15) is 13.2 Å². The molecule has 0 spiro atoms. The van der Waals surface area contributed by atoms with E-state index in [0.717, 1.165) is 18.2 Å². The highest BCUT2D eigenvalue weighted by atomic mass is 32.2. The van der Waals surface area contributed by atoms with Crippen LogP contribution in [0.2, 0.25) is 0 Å². The molecule has 0 fully saturated rings. The highest BCUT2D eigenvalue weighted by Gasteiger charge is 2.17. The molecule has 0 radical (unpaired) electrons. The highest BCUT2D eigenvalue weighted by molar-refractivity contribution is 7.86. The van der Waals surface area contributed by atoms with Crippen molar-refractivity contribution in [3.05, 3.63) is 65.2 Å². The maximum Gasteiger partial charge on any atom is 0.306 e. The molecule has 0 atom stereocenters. The standard InChI is InChI=1S/C21H27NO4S/c1-5-17-6-10-19(11-7-17)21(23)22(14-16(2)3)15-18-8-12-20(13-9-18)26-27(4,24)25/h6-13,16H,5,14-15H2,1-4H3. The Hall–Kier alpha value is -2.34. The Morgan fingerprint density at radius 3 is 2.04 bits per heavy atom. The van der Waals surface area contributed by atoms with E-state index < -0.39 is 10.1 Å². The lowest BCUT2D eigenvalue weighted by Gasteiger charge is -2.25. The Morgan fingerprint density at radius 2 is 1.56 bits per heavy atom. The Morgan fingerprint density at radius 1 is 1.00 bits per heavy atom. The van der Waals surface area contributed by atoms with E-state index in [0.29, 0.717) is 24.6 Å². The lowest BCUT2D eigenvalue weighted by molar-refractivity contribution is 0.0722. The van der Waals surface area contributed by atoms with Crippen LogP contribution in [0.1, 0.15) is 42.3 Å². The first-order chi connectivity index (χ1) is 12.7. The largest absolute Gasteiger partial charge is 0.383 e. The fourth-order valence-corrected chi connectivity index (χ4v) is 3.23. The smallest absolute Gasteiger partial charge is 0.306 e. The van der Waals surface area contributed by atoms with E-state index in [2.05, 4.69) is 20.8 Å². The molecule has 0 unspecified atom stereocenters. The van der Waals surface area contributed by atoms with Crippen LogP contribution in [0.4, 0.5) is 0 Å². The summed E-state index contributed by atoms with van der Waals surface area (Å²) in [6.07, 6.45) is 1.94. The van der Waals surface area contributed by atoms with E-state index in [1.54, 1.807) is 24.3 Å². The molecule has 0 heterocycles. The van der Waals surface area contributed by atoms with Crippen molar-refractivity contribution in [2.75, 3.05) is 12.8 Å². The van der Waals surface area contributed by atoms with Crippen molar-refractivity contribution in [1.82, 2.24) is 4.90 Å². The van der Waals surface area contributed by atoms with Gasteiger partial charge >= 0.3 is 10.1 Å². The Kier molecular flexibility index (Phi) is 7.02. The van der Waals surface area contributed by atoms with Gasteiger partial charge in [-0.1, -0.05) is 45.0 Å². The van der Waals surface area contributed by atoms with E-state index in [1.165, 1.54) is 5.56 Å². The molecule has 0 saturated carbocycles. The predicted molar refractivity (Wildman–Crippen MR) is 107 cm³/mol. The fourth-order valence-electron chi connectivity index (χ4n) is 2.77. The van der Waals surface area contributed by atoms with Crippen LogP contribution in [0.5, 0.6) is 5.75 Å². The molecule has 2 aromatic carbocycles. The lowest BCUT2D eigenvalue weighted by Crippen LogP contribution is -2.33. The molecule has 27 heavy (non-hydrogen) atoms. The third-order valence-electron chi connectivity index (χ3n) is 4.03. The normalized spacial score (nSPS) is 11.4. The van der Waals surface area contributed by atoms with Crippen LogP contribution in [0.3, 0.4) is 0 Å². The molecule has 0 aliphatic rings. The molecule has 0 N–H and O–H groups in total. The van der Waals surface area contributed by atoms with Gasteiger partial charge in [0, 0.05) is 18.7 Å². The number of carbonyl (C=O) groups is 1. The first-order valence-electron chi connectivity index (χ1n) is 9.04. The van der Waals surface area contributed by atoms with Gasteiger partial charge in [0.2, 0.25) is 0 Å². The molecule has 2 rings (SSSR count). The number of carbonyl (C=O) groups excluding carboxylic acids is 1. The Bertz CT molecular complexity index is 856. The SMILES string of the molecule is CCc1ccc(C(=O)N(Cc2ccc(OS(C)(=O)=O)cc2)CC(C)C)cc1. The zero-order chi connectivity index (χ0) is 20.0. The van der Waals surface area contributed by atoms with Gasteiger partial charge in [0.25, 0.3) is 5.91 Å². The third-order valence-corrected chi connectivity index (χ3v) is 4.52. The van der Waals surface area contributed by atoms with Crippen molar-refractivity contribution in [2.45, 2.75) is 33.7 Å². The monoisotopic (exact) mass is 389 g/mol. The summed E-state index contributed by atoms with van der Waals surface area (Å²) in [6, 6.07) is 14.5. The molecule has 0 saturated heterocycles. The molecule has 5 nitrogen and oxygen atoms in total. The first kappa shape index (κ1) is 21.0. The van der Waals surface area contributed by atoms with Crippen molar-refractivity contribution >= 4 is 16.0 Å².